The van der Waals surface area contributed by atoms with Gasteiger partial charge in [0.25, 0.3) is 5.95 Å². The van der Waals surface area contributed by atoms with Crippen LogP contribution in [0, 0.1) is 5.92 Å². The smallest absolute Gasteiger partial charge is 0.250 e. The molecule has 0 unspecified atom stereocenters. The van der Waals surface area contributed by atoms with Crippen molar-refractivity contribution in [1.29, 1.82) is 0 Å². The molecule has 156 valence electrons. The van der Waals surface area contributed by atoms with Crippen molar-refractivity contribution in [3.63, 3.8) is 0 Å². The highest BCUT2D eigenvalue weighted by atomic mass is 35.5. The maximum atomic E-state index is 12.1. The summed E-state index contributed by atoms with van der Waals surface area (Å²) in [4.78, 5) is 16.7. The number of fused-ring (bicyclic) bond motifs is 1. The Bertz CT molecular complexity index is 1050. The maximum Gasteiger partial charge on any atom is 0.250 e. The lowest BCUT2D eigenvalue weighted by Crippen LogP contribution is -2.28. The predicted molar refractivity (Wildman–Crippen MR) is 117 cm³/mol. The van der Waals surface area contributed by atoms with Gasteiger partial charge in [-0.05, 0) is 35.7 Å². The number of amides is 1. The normalized spacial score (nSPS) is 17.9. The molecule has 2 N–H and O–H groups in total. The van der Waals surface area contributed by atoms with Gasteiger partial charge in [-0.15, -0.1) is 5.10 Å². The molecule has 1 aliphatic rings. The van der Waals surface area contributed by atoms with Crippen molar-refractivity contribution in [2.75, 3.05) is 17.7 Å². The quantitative estimate of drug-likeness (QED) is 0.620. The summed E-state index contributed by atoms with van der Waals surface area (Å²) in [6.07, 6.45) is 0.726. The van der Waals surface area contributed by atoms with Gasteiger partial charge in [0.15, 0.2) is 0 Å². The van der Waals surface area contributed by atoms with Crippen LogP contribution in [0.4, 0.5) is 11.9 Å². The number of hydrogen-bond donors (Lipinski definition) is 2. The molecule has 8 heteroatoms. The second-order valence-corrected chi connectivity index (χ2v) is 8.00. The minimum absolute atomic E-state index is 0.00234. The molecule has 2 aromatic carbocycles. The SMILES string of the molecule is COc1ccc([C@H]2C[C@@H](c3ccccc3Cl)n3nc(NC(=O)C(C)C)nc3N2)cc1. The fourth-order valence-corrected chi connectivity index (χ4v) is 3.81. The monoisotopic (exact) mass is 425 g/mol. The highest BCUT2D eigenvalue weighted by molar-refractivity contribution is 6.31. The maximum absolute atomic E-state index is 12.1. The Morgan fingerprint density at radius 2 is 1.97 bits per heavy atom. The Labute approximate surface area is 180 Å². The Kier molecular flexibility index (Phi) is 5.63. The van der Waals surface area contributed by atoms with Crippen LogP contribution in [0.25, 0.3) is 0 Å². The number of anilines is 2. The van der Waals surface area contributed by atoms with Crippen LogP contribution >= 0.6 is 11.6 Å². The molecule has 0 saturated heterocycles. The zero-order valence-electron chi connectivity index (χ0n) is 17.1. The third kappa shape index (κ3) is 3.98. The largest absolute Gasteiger partial charge is 0.497 e. The highest BCUT2D eigenvalue weighted by Crippen LogP contribution is 2.40. The number of rotatable bonds is 5. The van der Waals surface area contributed by atoms with Crippen LogP contribution in [0.15, 0.2) is 48.5 Å². The molecule has 1 aromatic heterocycles. The fourth-order valence-electron chi connectivity index (χ4n) is 3.54. The van der Waals surface area contributed by atoms with E-state index in [2.05, 4.69) is 20.7 Å². The summed E-state index contributed by atoms with van der Waals surface area (Å²) >= 11 is 6.52. The third-order valence-electron chi connectivity index (χ3n) is 5.23. The molecular formula is C22H24ClN5O2. The van der Waals surface area contributed by atoms with Gasteiger partial charge in [0.1, 0.15) is 5.75 Å². The first-order chi connectivity index (χ1) is 14.5. The minimum atomic E-state index is -0.162. The van der Waals surface area contributed by atoms with Crippen molar-refractivity contribution >= 4 is 29.4 Å². The van der Waals surface area contributed by atoms with Crippen molar-refractivity contribution < 1.29 is 9.53 Å². The summed E-state index contributed by atoms with van der Waals surface area (Å²) in [6, 6.07) is 15.6. The predicted octanol–water partition coefficient (Wildman–Crippen LogP) is 4.68. The third-order valence-corrected chi connectivity index (χ3v) is 5.57. The van der Waals surface area contributed by atoms with Gasteiger partial charge in [0, 0.05) is 10.9 Å². The van der Waals surface area contributed by atoms with Crippen molar-refractivity contribution in [3.05, 3.63) is 64.7 Å². The summed E-state index contributed by atoms with van der Waals surface area (Å²) in [7, 11) is 1.65. The van der Waals surface area contributed by atoms with Crippen molar-refractivity contribution in [1.82, 2.24) is 14.8 Å². The zero-order chi connectivity index (χ0) is 21.3. The number of halogens is 1. The molecule has 0 bridgehead atoms. The molecule has 0 radical (unpaired) electrons. The first-order valence-corrected chi connectivity index (χ1v) is 10.3. The number of aromatic nitrogens is 3. The molecule has 2 atom stereocenters. The van der Waals surface area contributed by atoms with E-state index in [1.165, 1.54) is 0 Å². The van der Waals surface area contributed by atoms with Gasteiger partial charge >= 0.3 is 0 Å². The standard InChI is InChI=1S/C22H24ClN5O2/c1-13(2)20(29)25-21-26-22-24-18(14-8-10-15(30-3)11-9-14)12-19(28(22)27-21)16-6-4-5-7-17(16)23/h4-11,13,18-19H,12H2,1-3H3,(H2,24,25,26,27,29)/t18-,19+/m1/s1. The Morgan fingerprint density at radius 1 is 1.23 bits per heavy atom. The number of carbonyl (C=O) groups excluding carboxylic acids is 1. The summed E-state index contributed by atoms with van der Waals surface area (Å²) in [5.41, 5.74) is 2.07. The second kappa shape index (κ2) is 8.36. The van der Waals surface area contributed by atoms with Gasteiger partial charge in [-0.3, -0.25) is 10.1 Å². The highest BCUT2D eigenvalue weighted by Gasteiger charge is 2.32. The molecule has 1 amide bonds. The van der Waals surface area contributed by atoms with E-state index in [0.29, 0.717) is 11.0 Å². The van der Waals surface area contributed by atoms with Crippen molar-refractivity contribution in [2.24, 2.45) is 5.92 Å². The Hall–Kier alpha value is -3.06. The van der Waals surface area contributed by atoms with E-state index in [1.54, 1.807) is 11.8 Å². The van der Waals surface area contributed by atoms with Crippen LogP contribution < -0.4 is 15.4 Å². The van der Waals surface area contributed by atoms with Crippen LogP contribution in [0.5, 0.6) is 5.75 Å². The molecule has 0 saturated carbocycles. The van der Waals surface area contributed by atoms with Crippen LogP contribution in [-0.2, 0) is 4.79 Å². The lowest BCUT2D eigenvalue weighted by molar-refractivity contribution is -0.118. The number of nitrogens with one attached hydrogen (secondary N) is 2. The molecule has 3 aromatic rings. The van der Waals surface area contributed by atoms with Crippen LogP contribution in [-0.4, -0.2) is 27.8 Å². The topological polar surface area (TPSA) is 81.1 Å². The van der Waals surface area contributed by atoms with Gasteiger partial charge in [0.05, 0.1) is 19.2 Å². The van der Waals surface area contributed by atoms with Crippen molar-refractivity contribution in [2.45, 2.75) is 32.4 Å². The molecule has 1 aliphatic heterocycles. The first kappa shape index (κ1) is 20.2. The van der Waals surface area contributed by atoms with Crippen molar-refractivity contribution in [3.8, 4) is 5.75 Å². The fraction of sp³-hybridized carbons (Fsp3) is 0.318. The van der Waals surface area contributed by atoms with E-state index in [-0.39, 0.29) is 29.9 Å². The molecular weight excluding hydrogens is 402 g/mol. The summed E-state index contributed by atoms with van der Waals surface area (Å²) in [6.45, 7) is 3.66. The summed E-state index contributed by atoms with van der Waals surface area (Å²) in [5.74, 6) is 1.39. The van der Waals surface area contributed by atoms with Gasteiger partial charge in [-0.25, -0.2) is 4.68 Å². The molecule has 0 fully saturated rings. The van der Waals surface area contributed by atoms with Crippen LogP contribution in [0.3, 0.4) is 0 Å². The number of hydrogen-bond acceptors (Lipinski definition) is 5. The van der Waals surface area contributed by atoms with E-state index < -0.39 is 0 Å². The number of methoxy groups -OCH3 is 1. The van der Waals surface area contributed by atoms with Crippen LogP contribution in [0.1, 0.15) is 43.5 Å². The van der Waals surface area contributed by atoms with E-state index in [1.807, 2.05) is 62.4 Å². The van der Waals surface area contributed by atoms with Gasteiger partial charge in [0.2, 0.25) is 11.9 Å². The number of carbonyl (C=O) groups is 1. The minimum Gasteiger partial charge on any atom is -0.497 e. The second-order valence-electron chi connectivity index (χ2n) is 7.59. The number of benzene rings is 2. The molecule has 0 aliphatic carbocycles. The van der Waals surface area contributed by atoms with Gasteiger partial charge < -0.3 is 10.1 Å². The molecule has 7 nitrogen and oxygen atoms in total. The average molecular weight is 426 g/mol. The lowest BCUT2D eigenvalue weighted by Gasteiger charge is -2.32. The van der Waals surface area contributed by atoms with Gasteiger partial charge in [-0.1, -0.05) is 55.8 Å². The molecule has 4 rings (SSSR count). The average Bonchev–Trinajstić information content (AvgIpc) is 3.16. The lowest BCUT2D eigenvalue weighted by atomic mass is 9.93. The summed E-state index contributed by atoms with van der Waals surface area (Å²) < 4.78 is 7.08. The summed E-state index contributed by atoms with van der Waals surface area (Å²) in [5, 5.41) is 11.5. The molecule has 2 heterocycles. The van der Waals surface area contributed by atoms with E-state index in [0.717, 1.165) is 23.3 Å². The number of nitrogens with zero attached hydrogens (tertiary/aromatic N) is 3. The number of ether oxygens (including phenoxy) is 1. The van der Waals surface area contributed by atoms with Gasteiger partial charge in [-0.2, -0.15) is 4.98 Å². The van der Waals surface area contributed by atoms with Crippen LogP contribution in [0.2, 0.25) is 5.02 Å². The molecule has 0 spiro atoms. The molecule has 30 heavy (non-hydrogen) atoms. The Morgan fingerprint density at radius 3 is 2.63 bits per heavy atom. The van der Waals surface area contributed by atoms with E-state index in [9.17, 15) is 4.79 Å². The zero-order valence-corrected chi connectivity index (χ0v) is 17.8. The Balaban J connectivity index is 1.72. The first-order valence-electron chi connectivity index (χ1n) is 9.88. The van der Waals surface area contributed by atoms with E-state index in [4.69, 9.17) is 16.3 Å². The van der Waals surface area contributed by atoms with E-state index >= 15 is 0 Å².